The highest BCUT2D eigenvalue weighted by atomic mass is 16.6. The van der Waals surface area contributed by atoms with Gasteiger partial charge in [0.05, 0.1) is 11.0 Å². The molecule has 0 radical (unpaired) electrons. The maximum atomic E-state index is 11.4. The molecule has 110 valence electrons. The van der Waals surface area contributed by atoms with E-state index >= 15 is 0 Å². The lowest BCUT2D eigenvalue weighted by Gasteiger charge is -2.20. The molecule has 0 bridgehead atoms. The number of hydrogen-bond donors (Lipinski definition) is 2. The Morgan fingerprint density at radius 1 is 1.60 bits per heavy atom. The van der Waals surface area contributed by atoms with Crippen LogP contribution in [0.2, 0.25) is 0 Å². The van der Waals surface area contributed by atoms with Gasteiger partial charge in [0, 0.05) is 25.6 Å². The maximum Gasteiger partial charge on any atom is 0.315 e. The van der Waals surface area contributed by atoms with Gasteiger partial charge in [0.25, 0.3) is 0 Å². The topological polar surface area (TPSA) is 78.6 Å². The lowest BCUT2D eigenvalue weighted by atomic mass is 10.0. The van der Waals surface area contributed by atoms with E-state index < -0.39 is 0 Å². The van der Waals surface area contributed by atoms with Crippen LogP contribution >= 0.6 is 0 Å². The van der Waals surface area contributed by atoms with Crippen LogP contribution < -0.4 is 10.2 Å². The van der Waals surface area contributed by atoms with E-state index in [2.05, 4.69) is 5.32 Å². The van der Waals surface area contributed by atoms with Gasteiger partial charge < -0.3 is 15.3 Å². The summed E-state index contributed by atoms with van der Waals surface area (Å²) in [4.78, 5) is 13.0. The summed E-state index contributed by atoms with van der Waals surface area (Å²) in [5, 5.41) is 24.1. The highest BCUT2D eigenvalue weighted by molar-refractivity contribution is 5.77. The highest BCUT2D eigenvalue weighted by Crippen LogP contribution is 2.38. The molecular weight excluding hydrogens is 258 g/mol. The third-order valence-corrected chi connectivity index (χ3v) is 3.81. The molecule has 1 fully saturated rings. The summed E-state index contributed by atoms with van der Waals surface area (Å²) < 4.78 is 0. The molecule has 2 rings (SSSR count). The molecule has 0 aromatic heterocycles. The molecule has 6 heteroatoms. The van der Waals surface area contributed by atoms with Crippen molar-refractivity contribution in [3.8, 4) is 0 Å². The van der Waals surface area contributed by atoms with Gasteiger partial charge in [-0.05, 0) is 32.4 Å². The second-order valence-corrected chi connectivity index (χ2v) is 5.20. The summed E-state index contributed by atoms with van der Waals surface area (Å²) in [5.74, 6) is 0.178. The third kappa shape index (κ3) is 2.85. The number of benzene rings is 1. The molecule has 0 aliphatic carbocycles. The van der Waals surface area contributed by atoms with Crippen molar-refractivity contribution in [3.63, 3.8) is 0 Å². The maximum absolute atomic E-state index is 11.4. The molecule has 6 nitrogen and oxygen atoms in total. The Balaban J connectivity index is 2.32. The quantitative estimate of drug-likeness (QED) is 0.638. The van der Waals surface area contributed by atoms with Gasteiger partial charge in [-0.3, -0.25) is 10.1 Å². The molecule has 0 spiro atoms. The molecule has 20 heavy (non-hydrogen) atoms. The van der Waals surface area contributed by atoms with Crippen molar-refractivity contribution in [1.82, 2.24) is 0 Å². The zero-order chi connectivity index (χ0) is 14.7. The molecular formula is C14H21N3O3. The lowest BCUT2D eigenvalue weighted by molar-refractivity contribution is -0.383. The Kier molecular flexibility index (Phi) is 4.44. The summed E-state index contributed by atoms with van der Waals surface area (Å²) in [6, 6.07) is 5.34. The van der Waals surface area contributed by atoms with Crippen LogP contribution in [0.25, 0.3) is 0 Å². The van der Waals surface area contributed by atoms with Gasteiger partial charge >= 0.3 is 5.69 Å². The van der Waals surface area contributed by atoms with Crippen LogP contribution in [0.5, 0.6) is 0 Å². The van der Waals surface area contributed by atoms with Crippen molar-refractivity contribution in [2.45, 2.75) is 26.4 Å². The van der Waals surface area contributed by atoms with E-state index in [-0.39, 0.29) is 22.6 Å². The van der Waals surface area contributed by atoms with Crippen molar-refractivity contribution >= 4 is 17.1 Å². The Morgan fingerprint density at radius 2 is 2.35 bits per heavy atom. The van der Waals surface area contributed by atoms with Crippen LogP contribution in [0.3, 0.4) is 0 Å². The normalized spacial score (nSPS) is 19.9. The van der Waals surface area contributed by atoms with Gasteiger partial charge in [-0.15, -0.1) is 0 Å². The van der Waals surface area contributed by atoms with E-state index in [4.69, 9.17) is 0 Å². The fourth-order valence-corrected chi connectivity index (χ4v) is 2.71. The number of para-hydroxylation sites is 1. The number of nitro benzene ring substituents is 1. The van der Waals surface area contributed by atoms with E-state index in [0.717, 1.165) is 13.0 Å². The van der Waals surface area contributed by atoms with Gasteiger partial charge in [0.2, 0.25) is 0 Å². The lowest BCUT2D eigenvalue weighted by Crippen LogP contribution is -2.24. The van der Waals surface area contributed by atoms with Gasteiger partial charge in [0.15, 0.2) is 0 Å². The number of nitrogens with one attached hydrogen (secondary N) is 1. The van der Waals surface area contributed by atoms with E-state index in [1.807, 2.05) is 17.9 Å². The monoisotopic (exact) mass is 279 g/mol. The first kappa shape index (κ1) is 14.6. The number of anilines is 2. The molecule has 1 aromatic rings. The van der Waals surface area contributed by atoms with Gasteiger partial charge in [-0.25, -0.2) is 0 Å². The zero-order valence-electron chi connectivity index (χ0n) is 11.9. The molecule has 1 saturated heterocycles. The molecule has 1 aromatic carbocycles. The average Bonchev–Trinajstić information content (AvgIpc) is 2.88. The molecule has 2 atom stereocenters. The number of hydrogen-bond acceptors (Lipinski definition) is 5. The van der Waals surface area contributed by atoms with Crippen LogP contribution in [0.1, 0.15) is 20.3 Å². The first-order chi connectivity index (χ1) is 9.54. The molecule has 1 heterocycles. The van der Waals surface area contributed by atoms with Gasteiger partial charge in [-0.1, -0.05) is 6.07 Å². The Bertz CT molecular complexity index is 491. The van der Waals surface area contributed by atoms with E-state index in [1.165, 1.54) is 0 Å². The van der Waals surface area contributed by atoms with Crippen LogP contribution in [0.4, 0.5) is 17.1 Å². The zero-order valence-corrected chi connectivity index (χ0v) is 11.9. The van der Waals surface area contributed by atoms with Crippen LogP contribution in [0.15, 0.2) is 18.2 Å². The molecule has 1 aliphatic rings. The fraction of sp³-hybridized carbons (Fsp3) is 0.571. The minimum Gasteiger partial charge on any atom is -0.393 e. The minimum atomic E-state index is -0.379. The number of rotatable bonds is 5. The van der Waals surface area contributed by atoms with Crippen molar-refractivity contribution in [1.29, 1.82) is 0 Å². The average molecular weight is 279 g/mol. The molecule has 0 saturated carbocycles. The Hall–Kier alpha value is -1.82. The number of aliphatic hydroxyl groups excluding tert-OH is 1. The molecule has 1 aliphatic heterocycles. The number of nitrogens with zero attached hydrogens (tertiary/aromatic N) is 2. The summed E-state index contributed by atoms with van der Waals surface area (Å²) in [6.45, 7) is 5.73. The van der Waals surface area contributed by atoms with Crippen molar-refractivity contribution in [2.24, 2.45) is 5.92 Å². The summed E-state index contributed by atoms with van der Waals surface area (Å²) in [7, 11) is 0. The van der Waals surface area contributed by atoms with Crippen LogP contribution in [-0.4, -0.2) is 35.8 Å². The van der Waals surface area contributed by atoms with Crippen molar-refractivity contribution < 1.29 is 10.0 Å². The smallest absolute Gasteiger partial charge is 0.315 e. The minimum absolute atomic E-state index is 0.126. The molecule has 2 unspecified atom stereocenters. The summed E-state index contributed by atoms with van der Waals surface area (Å²) in [6.07, 6.45) is 0.483. The second kappa shape index (κ2) is 6.09. The predicted molar refractivity (Wildman–Crippen MR) is 79.3 cm³/mol. The van der Waals surface area contributed by atoms with Gasteiger partial charge in [-0.2, -0.15) is 0 Å². The van der Waals surface area contributed by atoms with Crippen LogP contribution in [0, 0.1) is 16.0 Å². The van der Waals surface area contributed by atoms with Crippen LogP contribution in [-0.2, 0) is 0 Å². The number of aliphatic hydroxyl groups is 1. The fourth-order valence-electron chi connectivity index (χ4n) is 2.71. The molecule has 0 amide bonds. The van der Waals surface area contributed by atoms with Crippen molar-refractivity contribution in [2.75, 3.05) is 29.9 Å². The Labute approximate surface area is 118 Å². The Morgan fingerprint density at radius 3 is 2.90 bits per heavy atom. The standard InChI is InChI=1S/C14H21N3O3/c1-3-15-12-5-4-6-13(14(12)17(19)20)16-8-7-11(9-16)10(2)18/h4-6,10-11,15,18H,3,7-9H2,1-2H3. The van der Waals surface area contributed by atoms with E-state index in [0.29, 0.717) is 24.5 Å². The summed E-state index contributed by atoms with van der Waals surface area (Å²) >= 11 is 0. The predicted octanol–water partition coefficient (Wildman–Crippen LogP) is 2.23. The second-order valence-electron chi connectivity index (χ2n) is 5.20. The first-order valence-electron chi connectivity index (χ1n) is 6.98. The van der Waals surface area contributed by atoms with Crippen molar-refractivity contribution in [3.05, 3.63) is 28.3 Å². The summed E-state index contributed by atoms with van der Waals surface area (Å²) in [5.41, 5.74) is 1.31. The van der Waals surface area contributed by atoms with E-state index in [9.17, 15) is 15.2 Å². The third-order valence-electron chi connectivity index (χ3n) is 3.81. The number of nitro groups is 1. The highest BCUT2D eigenvalue weighted by Gasteiger charge is 2.31. The SMILES string of the molecule is CCNc1cccc(N2CCC(C(C)O)C2)c1[N+](=O)[O-]. The van der Waals surface area contributed by atoms with Gasteiger partial charge in [0.1, 0.15) is 11.4 Å². The van der Waals surface area contributed by atoms with E-state index in [1.54, 1.807) is 19.1 Å². The largest absolute Gasteiger partial charge is 0.393 e. The molecule has 2 N–H and O–H groups in total. The first-order valence-corrected chi connectivity index (χ1v) is 6.98.